The molecule has 0 fully saturated rings. The summed E-state index contributed by atoms with van der Waals surface area (Å²) >= 11 is 10.0. The minimum atomic E-state index is -0.344. The van der Waals surface area contributed by atoms with E-state index in [-0.39, 0.29) is 11.9 Å². The predicted molar refractivity (Wildman–Crippen MR) is 94.5 cm³/mol. The van der Waals surface area contributed by atoms with Gasteiger partial charge in [0.25, 0.3) is 0 Å². The SMILES string of the molecule is C[C@H]1N=C(c2ccccc2F)c2c(ccc(Br)c2Cl)-n2cnnc21. The molecule has 24 heavy (non-hydrogen) atoms. The second kappa shape index (κ2) is 5.79. The molecule has 0 bridgehead atoms. The highest BCUT2D eigenvalue weighted by molar-refractivity contribution is 9.10. The first-order chi connectivity index (χ1) is 11.6. The highest BCUT2D eigenvalue weighted by Crippen LogP contribution is 2.37. The Hall–Kier alpha value is -2.05. The fraction of sp³-hybridized carbons (Fsp3) is 0.118. The van der Waals surface area contributed by atoms with Crippen LogP contribution in [0.2, 0.25) is 5.02 Å². The zero-order valence-corrected chi connectivity index (χ0v) is 14.9. The van der Waals surface area contributed by atoms with Crippen LogP contribution in [0.5, 0.6) is 0 Å². The fourth-order valence-electron chi connectivity index (χ4n) is 2.85. The molecule has 3 aromatic rings. The van der Waals surface area contributed by atoms with E-state index in [1.54, 1.807) is 24.5 Å². The molecule has 2 aromatic carbocycles. The number of fused-ring (bicyclic) bond motifs is 3. The van der Waals surface area contributed by atoms with Gasteiger partial charge in [-0.05, 0) is 47.1 Å². The van der Waals surface area contributed by atoms with Crippen molar-refractivity contribution >= 4 is 33.2 Å². The van der Waals surface area contributed by atoms with Crippen molar-refractivity contribution < 1.29 is 4.39 Å². The van der Waals surface area contributed by atoms with Gasteiger partial charge in [0, 0.05) is 15.6 Å². The van der Waals surface area contributed by atoms with Crippen molar-refractivity contribution in [1.29, 1.82) is 0 Å². The van der Waals surface area contributed by atoms with Gasteiger partial charge >= 0.3 is 0 Å². The number of rotatable bonds is 1. The van der Waals surface area contributed by atoms with Gasteiger partial charge in [-0.2, -0.15) is 0 Å². The van der Waals surface area contributed by atoms with Gasteiger partial charge in [-0.15, -0.1) is 10.2 Å². The Morgan fingerprint density at radius 2 is 2.00 bits per heavy atom. The first-order valence-electron chi connectivity index (χ1n) is 7.29. The lowest BCUT2D eigenvalue weighted by molar-refractivity contribution is 0.625. The predicted octanol–water partition coefficient (Wildman–Crippen LogP) is 4.73. The molecule has 1 atom stereocenters. The third-order valence-electron chi connectivity index (χ3n) is 3.97. The zero-order valence-electron chi connectivity index (χ0n) is 12.5. The molecule has 4 nitrogen and oxygen atoms in total. The number of aliphatic imine (C=N–C) groups is 1. The van der Waals surface area contributed by atoms with Gasteiger partial charge in [0.15, 0.2) is 5.82 Å². The van der Waals surface area contributed by atoms with E-state index in [1.165, 1.54) is 6.07 Å². The monoisotopic (exact) mass is 404 g/mol. The van der Waals surface area contributed by atoms with Crippen LogP contribution in [-0.2, 0) is 0 Å². The number of hydrogen-bond acceptors (Lipinski definition) is 3. The summed E-state index contributed by atoms with van der Waals surface area (Å²) < 4.78 is 17.0. The van der Waals surface area contributed by atoms with Crippen molar-refractivity contribution in [3.63, 3.8) is 0 Å². The fourth-order valence-corrected chi connectivity index (χ4v) is 3.43. The molecule has 7 heteroatoms. The first-order valence-corrected chi connectivity index (χ1v) is 8.46. The molecule has 0 unspecified atom stereocenters. The quantitative estimate of drug-likeness (QED) is 0.587. The number of aromatic nitrogens is 3. The normalized spacial score (nSPS) is 16.2. The molecule has 0 aliphatic carbocycles. The molecule has 2 heterocycles. The van der Waals surface area contributed by atoms with Crippen LogP contribution in [-0.4, -0.2) is 20.5 Å². The summed E-state index contributed by atoms with van der Waals surface area (Å²) in [6.07, 6.45) is 1.62. The van der Waals surface area contributed by atoms with Crippen LogP contribution in [0.4, 0.5) is 4.39 Å². The number of hydrogen-bond donors (Lipinski definition) is 0. The summed E-state index contributed by atoms with van der Waals surface area (Å²) in [5.41, 5.74) is 2.34. The molecule has 4 rings (SSSR count). The zero-order chi connectivity index (χ0) is 16.8. The van der Waals surface area contributed by atoms with Crippen LogP contribution in [0.1, 0.15) is 29.9 Å². The van der Waals surface area contributed by atoms with Crippen LogP contribution in [0, 0.1) is 5.82 Å². The summed E-state index contributed by atoms with van der Waals surface area (Å²) in [5.74, 6) is 0.337. The molecule has 0 saturated carbocycles. The van der Waals surface area contributed by atoms with Crippen molar-refractivity contribution in [2.24, 2.45) is 4.99 Å². The summed E-state index contributed by atoms with van der Waals surface area (Å²) in [6.45, 7) is 1.90. The minimum Gasteiger partial charge on any atom is -0.283 e. The third kappa shape index (κ3) is 2.29. The Morgan fingerprint density at radius 3 is 2.79 bits per heavy atom. The maximum Gasteiger partial charge on any atom is 0.162 e. The van der Waals surface area contributed by atoms with E-state index >= 15 is 0 Å². The molecule has 120 valence electrons. The molecule has 0 N–H and O–H groups in total. The van der Waals surface area contributed by atoms with Crippen LogP contribution in [0.15, 0.2) is 52.2 Å². The topological polar surface area (TPSA) is 43.1 Å². The molecule has 1 aliphatic rings. The number of halogens is 3. The molecule has 1 aromatic heterocycles. The van der Waals surface area contributed by atoms with E-state index in [0.717, 1.165) is 10.2 Å². The summed E-state index contributed by atoms with van der Waals surface area (Å²) in [5, 5.41) is 8.61. The van der Waals surface area contributed by atoms with Gasteiger partial charge in [-0.1, -0.05) is 23.7 Å². The van der Waals surface area contributed by atoms with Crippen LogP contribution < -0.4 is 0 Å². The average molecular weight is 406 g/mol. The third-order valence-corrected chi connectivity index (χ3v) is 5.25. The van der Waals surface area contributed by atoms with E-state index in [1.807, 2.05) is 23.6 Å². The van der Waals surface area contributed by atoms with Gasteiger partial charge in [0.2, 0.25) is 0 Å². The van der Waals surface area contributed by atoms with Crippen LogP contribution in [0.3, 0.4) is 0 Å². The molecular weight excluding hydrogens is 395 g/mol. The molecule has 0 radical (unpaired) electrons. The number of benzene rings is 2. The first kappa shape index (κ1) is 15.5. The van der Waals surface area contributed by atoms with Gasteiger partial charge < -0.3 is 0 Å². The van der Waals surface area contributed by atoms with Crippen LogP contribution >= 0.6 is 27.5 Å². The standard InChI is InChI=1S/C17H11BrClFN4/c1-9-17-23-21-8-24(17)13-7-6-11(18)15(19)14(13)16(22-9)10-4-2-3-5-12(10)20/h2-9H,1H3/t9-/m1/s1. The van der Waals surface area contributed by atoms with E-state index in [0.29, 0.717) is 27.7 Å². The van der Waals surface area contributed by atoms with Crippen molar-refractivity contribution in [2.75, 3.05) is 0 Å². The van der Waals surface area contributed by atoms with Crippen molar-refractivity contribution in [3.8, 4) is 5.69 Å². The molecular formula is C17H11BrClFN4. The van der Waals surface area contributed by atoms with E-state index in [4.69, 9.17) is 16.6 Å². The lowest BCUT2D eigenvalue weighted by Gasteiger charge is -2.14. The van der Waals surface area contributed by atoms with Crippen molar-refractivity contribution in [3.05, 3.63) is 75.0 Å². The van der Waals surface area contributed by atoms with Crippen molar-refractivity contribution in [2.45, 2.75) is 13.0 Å². The van der Waals surface area contributed by atoms with E-state index in [2.05, 4.69) is 26.1 Å². The second-order valence-corrected chi connectivity index (χ2v) is 6.68. The molecule has 0 saturated heterocycles. The summed E-state index contributed by atoms with van der Waals surface area (Å²) in [4.78, 5) is 4.71. The van der Waals surface area contributed by atoms with E-state index < -0.39 is 0 Å². The van der Waals surface area contributed by atoms with Crippen LogP contribution in [0.25, 0.3) is 5.69 Å². The maximum atomic E-state index is 14.4. The van der Waals surface area contributed by atoms with Gasteiger partial charge in [0.05, 0.1) is 16.4 Å². The average Bonchev–Trinajstić information content (AvgIpc) is 3.02. The largest absolute Gasteiger partial charge is 0.283 e. The molecule has 0 amide bonds. The lowest BCUT2D eigenvalue weighted by Crippen LogP contribution is -2.10. The highest BCUT2D eigenvalue weighted by atomic mass is 79.9. The smallest absolute Gasteiger partial charge is 0.162 e. The van der Waals surface area contributed by atoms with Gasteiger partial charge in [-0.3, -0.25) is 9.56 Å². The Morgan fingerprint density at radius 1 is 1.21 bits per heavy atom. The summed E-state index contributed by atoms with van der Waals surface area (Å²) in [7, 11) is 0. The lowest BCUT2D eigenvalue weighted by atomic mass is 10.00. The Kier molecular flexibility index (Phi) is 3.73. The molecule has 1 aliphatic heterocycles. The minimum absolute atomic E-state index is 0.288. The molecule has 0 spiro atoms. The number of nitrogens with zero attached hydrogens (tertiary/aromatic N) is 4. The van der Waals surface area contributed by atoms with Gasteiger partial charge in [0.1, 0.15) is 18.2 Å². The van der Waals surface area contributed by atoms with Gasteiger partial charge in [-0.25, -0.2) is 4.39 Å². The van der Waals surface area contributed by atoms with Crippen molar-refractivity contribution in [1.82, 2.24) is 14.8 Å². The summed E-state index contributed by atoms with van der Waals surface area (Å²) in [6, 6.07) is 10.0. The Balaban J connectivity index is 2.10. The Labute approximate surface area is 151 Å². The highest BCUT2D eigenvalue weighted by Gasteiger charge is 2.27. The maximum absolute atomic E-state index is 14.4. The second-order valence-electron chi connectivity index (χ2n) is 5.45. The van der Waals surface area contributed by atoms with E-state index in [9.17, 15) is 4.39 Å². The Bertz CT molecular complexity index is 982.